The highest BCUT2D eigenvalue weighted by Crippen LogP contribution is 2.71. The summed E-state index contributed by atoms with van der Waals surface area (Å²) in [5.41, 5.74) is 10.3. The molecule has 4 aliphatic rings. The van der Waals surface area contributed by atoms with E-state index in [2.05, 4.69) is 20.6 Å². The van der Waals surface area contributed by atoms with Crippen LogP contribution in [-0.4, -0.2) is 33.2 Å². The van der Waals surface area contributed by atoms with Crippen LogP contribution in [0.1, 0.15) is 18.1 Å². The van der Waals surface area contributed by atoms with Crippen molar-refractivity contribution in [1.29, 1.82) is 0 Å². The third-order valence-corrected chi connectivity index (χ3v) is 9.43. The van der Waals surface area contributed by atoms with E-state index in [0.29, 0.717) is 17.2 Å². The number of nitrogens with two attached hydrogens (primary N) is 1. The van der Waals surface area contributed by atoms with Crippen LogP contribution in [0, 0.1) is 37.5 Å². The molecule has 2 bridgehead atoms. The number of amidine groups is 1. The van der Waals surface area contributed by atoms with Gasteiger partial charge in [0.25, 0.3) is 5.91 Å². The smallest absolute Gasteiger partial charge is 0.254 e. The van der Waals surface area contributed by atoms with E-state index in [1.54, 1.807) is 0 Å². The second-order valence-corrected chi connectivity index (χ2v) is 11.7. The number of imide groups is 1. The summed E-state index contributed by atoms with van der Waals surface area (Å²) in [6, 6.07) is 15.0. The first kappa shape index (κ1) is 22.1. The first-order valence-electron chi connectivity index (χ1n) is 11.4. The molecule has 3 saturated heterocycles. The number of hydrazone groups is 1. The molecular formula is C25H24N6O3S. The van der Waals surface area contributed by atoms with Gasteiger partial charge in [0.2, 0.25) is 11.8 Å². The van der Waals surface area contributed by atoms with Crippen LogP contribution < -0.4 is 16.1 Å². The average Bonchev–Trinajstić information content (AvgIpc) is 3.36. The van der Waals surface area contributed by atoms with E-state index >= 15 is 0 Å². The van der Waals surface area contributed by atoms with Gasteiger partial charge in [0.05, 0.1) is 39.9 Å². The maximum Gasteiger partial charge on any atom is 0.254 e. The van der Waals surface area contributed by atoms with E-state index in [4.69, 9.17) is 5.73 Å². The second kappa shape index (κ2) is 7.32. The zero-order valence-corrected chi connectivity index (χ0v) is 20.2. The third kappa shape index (κ3) is 2.99. The number of hydrogen-bond acceptors (Lipinski definition) is 8. The molecule has 2 aromatic carbocycles. The van der Waals surface area contributed by atoms with Crippen molar-refractivity contribution >= 4 is 46.7 Å². The Hall–Kier alpha value is -3.37. The standard InChI is InChI=1S/C25H24N6O3S/c1-12-4-8-14(9-5-12)28-29-20-16-19(23(34)31(30-20)15-10-6-13(2)7-11-15)25(26)18-17(24(16,3)35-25)21(32)27-22(18)33/h4-11,16-19H,26H2,1-3H3,(H,27,32,33). The Morgan fingerprint density at radius 3 is 2.14 bits per heavy atom. The van der Waals surface area contributed by atoms with Gasteiger partial charge in [-0.05, 0) is 45.0 Å². The molecule has 0 spiro atoms. The fraction of sp³-hybridized carbons (Fsp3) is 0.360. The number of aryl methyl sites for hydroxylation is 2. The Kier molecular flexibility index (Phi) is 4.62. The largest absolute Gasteiger partial charge is 0.315 e. The number of carbonyl (C=O) groups is 3. The van der Waals surface area contributed by atoms with Crippen LogP contribution in [0.25, 0.3) is 0 Å². The second-order valence-electron chi connectivity index (χ2n) is 9.88. The monoisotopic (exact) mass is 488 g/mol. The lowest BCUT2D eigenvalue weighted by atomic mass is 9.59. The van der Waals surface area contributed by atoms with Crippen LogP contribution in [0.2, 0.25) is 0 Å². The highest BCUT2D eigenvalue weighted by atomic mass is 32.2. The van der Waals surface area contributed by atoms with Crippen molar-refractivity contribution in [3.63, 3.8) is 0 Å². The van der Waals surface area contributed by atoms with Crippen molar-refractivity contribution in [3.8, 4) is 0 Å². The van der Waals surface area contributed by atoms with Crippen LogP contribution >= 0.6 is 11.8 Å². The van der Waals surface area contributed by atoms with Crippen LogP contribution in [0.5, 0.6) is 0 Å². The predicted molar refractivity (Wildman–Crippen MR) is 132 cm³/mol. The van der Waals surface area contributed by atoms with Gasteiger partial charge in [0.1, 0.15) is 0 Å². The molecule has 35 heavy (non-hydrogen) atoms. The van der Waals surface area contributed by atoms with E-state index < -0.39 is 39.2 Å². The van der Waals surface area contributed by atoms with E-state index in [1.807, 2.05) is 69.3 Å². The van der Waals surface area contributed by atoms with Gasteiger partial charge in [-0.1, -0.05) is 35.4 Å². The van der Waals surface area contributed by atoms with Gasteiger partial charge >= 0.3 is 0 Å². The number of benzene rings is 2. The molecule has 4 aliphatic heterocycles. The van der Waals surface area contributed by atoms with E-state index in [1.165, 1.54) is 16.8 Å². The molecule has 3 amide bonds. The maximum atomic E-state index is 13.9. The van der Waals surface area contributed by atoms with Crippen molar-refractivity contribution in [2.24, 2.45) is 44.7 Å². The molecular weight excluding hydrogens is 464 g/mol. The molecule has 3 fully saturated rings. The topological polar surface area (TPSA) is 130 Å². The lowest BCUT2D eigenvalue weighted by molar-refractivity contribution is -0.132. The van der Waals surface area contributed by atoms with Crippen LogP contribution in [0.4, 0.5) is 11.4 Å². The molecule has 10 heteroatoms. The maximum absolute atomic E-state index is 13.9. The number of thioether (sulfide) groups is 1. The number of amides is 3. The third-order valence-electron chi connectivity index (χ3n) is 7.62. The van der Waals surface area contributed by atoms with Gasteiger partial charge in [-0.3, -0.25) is 19.7 Å². The molecule has 6 unspecified atom stereocenters. The SMILES string of the molecule is Cc1ccc(N=NC2=NN(c3ccc(C)cc3)C(=O)C3C2C2(C)SC3(N)C3C(=O)NC(=O)C32)cc1. The molecule has 0 aliphatic carbocycles. The number of rotatable bonds is 2. The number of azo groups is 1. The van der Waals surface area contributed by atoms with Gasteiger partial charge in [-0.2, -0.15) is 5.01 Å². The van der Waals surface area contributed by atoms with Gasteiger partial charge in [0, 0.05) is 4.75 Å². The van der Waals surface area contributed by atoms with Crippen molar-refractivity contribution in [2.75, 3.05) is 5.01 Å². The number of carbonyl (C=O) groups excluding carboxylic acids is 3. The minimum atomic E-state index is -1.26. The molecule has 0 aromatic heterocycles. The summed E-state index contributed by atoms with van der Waals surface area (Å²) >= 11 is 1.34. The van der Waals surface area contributed by atoms with Crippen LogP contribution in [0.3, 0.4) is 0 Å². The first-order chi connectivity index (χ1) is 16.6. The highest BCUT2D eigenvalue weighted by Gasteiger charge is 2.81. The Morgan fingerprint density at radius 2 is 1.49 bits per heavy atom. The number of fused-ring (bicyclic) bond motifs is 8. The lowest BCUT2D eigenvalue weighted by Gasteiger charge is -2.45. The van der Waals surface area contributed by atoms with Crippen molar-refractivity contribution in [2.45, 2.75) is 30.4 Å². The van der Waals surface area contributed by atoms with E-state index in [-0.39, 0.29) is 11.8 Å². The lowest BCUT2D eigenvalue weighted by Crippen LogP contribution is -2.64. The molecule has 0 radical (unpaired) electrons. The normalized spacial score (nSPS) is 35.4. The minimum Gasteiger partial charge on any atom is -0.315 e. The summed E-state index contributed by atoms with van der Waals surface area (Å²) in [5, 5.41) is 17.3. The first-order valence-corrected chi connectivity index (χ1v) is 12.3. The Labute approximate surface area is 206 Å². The number of nitrogens with one attached hydrogen (secondary N) is 1. The van der Waals surface area contributed by atoms with Gasteiger partial charge in [-0.15, -0.1) is 27.1 Å². The number of hydrogen-bond donors (Lipinski definition) is 2. The summed E-state index contributed by atoms with van der Waals surface area (Å²) in [7, 11) is 0. The molecule has 178 valence electrons. The molecule has 9 nitrogen and oxygen atoms in total. The van der Waals surface area contributed by atoms with Crippen molar-refractivity contribution in [1.82, 2.24) is 5.32 Å². The molecule has 3 N–H and O–H groups in total. The molecule has 6 atom stereocenters. The Balaban J connectivity index is 1.50. The summed E-state index contributed by atoms with van der Waals surface area (Å²) in [5.74, 6) is -3.57. The van der Waals surface area contributed by atoms with Crippen molar-refractivity contribution < 1.29 is 14.4 Å². The summed E-state index contributed by atoms with van der Waals surface area (Å²) in [6.07, 6.45) is 0. The quantitative estimate of drug-likeness (QED) is 0.496. The fourth-order valence-corrected chi connectivity index (χ4v) is 8.24. The Morgan fingerprint density at radius 1 is 0.886 bits per heavy atom. The molecule has 4 heterocycles. The fourth-order valence-electron chi connectivity index (χ4n) is 6.01. The molecule has 2 aromatic rings. The van der Waals surface area contributed by atoms with Gasteiger partial charge in [0.15, 0.2) is 5.84 Å². The minimum absolute atomic E-state index is 0.308. The number of nitrogens with zero attached hydrogens (tertiary/aromatic N) is 4. The predicted octanol–water partition coefficient (Wildman–Crippen LogP) is 3.04. The van der Waals surface area contributed by atoms with Crippen molar-refractivity contribution in [3.05, 3.63) is 59.7 Å². The summed E-state index contributed by atoms with van der Waals surface area (Å²) < 4.78 is -0.833. The van der Waals surface area contributed by atoms with E-state index in [9.17, 15) is 14.4 Å². The zero-order chi connectivity index (χ0) is 24.7. The average molecular weight is 489 g/mol. The molecule has 0 saturated carbocycles. The zero-order valence-electron chi connectivity index (χ0n) is 19.4. The van der Waals surface area contributed by atoms with Crippen LogP contribution in [-0.2, 0) is 14.4 Å². The van der Waals surface area contributed by atoms with Gasteiger partial charge < -0.3 is 5.73 Å². The van der Waals surface area contributed by atoms with Gasteiger partial charge in [-0.25, -0.2) is 0 Å². The number of anilines is 1. The molecule has 6 rings (SSSR count). The summed E-state index contributed by atoms with van der Waals surface area (Å²) in [6.45, 7) is 5.83. The summed E-state index contributed by atoms with van der Waals surface area (Å²) in [4.78, 5) is 38.2. The van der Waals surface area contributed by atoms with Crippen LogP contribution in [0.15, 0.2) is 63.9 Å². The Bertz CT molecular complexity index is 1340. The van der Waals surface area contributed by atoms with E-state index in [0.717, 1.165) is 11.1 Å². The highest BCUT2D eigenvalue weighted by molar-refractivity contribution is 8.02.